The average molecular weight is 370 g/mol. The topological polar surface area (TPSA) is 47.6 Å². The molecule has 1 N–H and O–H groups in total. The van der Waals surface area contributed by atoms with Crippen molar-refractivity contribution >= 4 is 5.91 Å². The first-order valence-corrected chi connectivity index (χ1v) is 9.77. The summed E-state index contributed by atoms with van der Waals surface area (Å²) in [6.45, 7) is 9.32. The van der Waals surface area contributed by atoms with Crippen molar-refractivity contribution in [3.8, 4) is 11.5 Å². The fraction of sp³-hybridized carbons (Fsp3) is 0.435. The molecule has 0 fully saturated rings. The van der Waals surface area contributed by atoms with Gasteiger partial charge < -0.3 is 14.8 Å². The fourth-order valence-corrected chi connectivity index (χ4v) is 2.86. The molecule has 0 spiro atoms. The van der Waals surface area contributed by atoms with Crippen molar-refractivity contribution in [2.45, 2.75) is 53.1 Å². The maximum absolute atomic E-state index is 12.5. The number of carbonyl (C=O) groups is 1. The summed E-state index contributed by atoms with van der Waals surface area (Å²) in [4.78, 5) is 12.5. The van der Waals surface area contributed by atoms with Gasteiger partial charge in [0.2, 0.25) is 0 Å². The van der Waals surface area contributed by atoms with Gasteiger partial charge in [0.05, 0.1) is 6.61 Å². The van der Waals surface area contributed by atoms with E-state index in [9.17, 15) is 4.79 Å². The van der Waals surface area contributed by atoms with E-state index < -0.39 is 6.10 Å². The van der Waals surface area contributed by atoms with Crippen LogP contribution in [0.3, 0.4) is 0 Å². The Morgan fingerprint density at radius 2 is 1.81 bits per heavy atom. The van der Waals surface area contributed by atoms with Gasteiger partial charge in [-0.1, -0.05) is 31.2 Å². The molecule has 2 aromatic rings. The first kappa shape index (κ1) is 20.8. The van der Waals surface area contributed by atoms with Crippen LogP contribution in [-0.4, -0.2) is 25.2 Å². The predicted octanol–water partition coefficient (Wildman–Crippen LogP) is 4.61. The minimum absolute atomic E-state index is 0.0508. The first-order chi connectivity index (χ1) is 13.0. The van der Waals surface area contributed by atoms with Crippen molar-refractivity contribution in [3.05, 3.63) is 59.2 Å². The zero-order valence-electron chi connectivity index (χ0n) is 16.9. The highest BCUT2D eigenvalue weighted by Gasteiger charge is 2.18. The van der Waals surface area contributed by atoms with Crippen molar-refractivity contribution in [2.75, 3.05) is 13.2 Å². The van der Waals surface area contributed by atoms with Crippen LogP contribution in [0.25, 0.3) is 0 Å². The zero-order valence-corrected chi connectivity index (χ0v) is 16.9. The molecule has 0 aromatic heterocycles. The highest BCUT2D eigenvalue weighted by molar-refractivity contribution is 5.81. The molecular formula is C23H31NO3. The second kappa shape index (κ2) is 10.6. The molecule has 0 saturated heterocycles. The van der Waals surface area contributed by atoms with Gasteiger partial charge in [-0.2, -0.15) is 0 Å². The number of carbonyl (C=O) groups excluding carboxylic acids is 1. The third-order valence-corrected chi connectivity index (χ3v) is 4.66. The predicted molar refractivity (Wildman–Crippen MR) is 110 cm³/mol. The Hall–Kier alpha value is -2.49. The van der Waals surface area contributed by atoms with Crippen LogP contribution in [-0.2, 0) is 11.2 Å². The Morgan fingerprint density at radius 1 is 1.07 bits per heavy atom. The van der Waals surface area contributed by atoms with Gasteiger partial charge >= 0.3 is 0 Å². The second-order valence-electron chi connectivity index (χ2n) is 6.68. The third kappa shape index (κ3) is 6.31. The molecular weight excluding hydrogens is 338 g/mol. The van der Waals surface area contributed by atoms with Crippen molar-refractivity contribution in [2.24, 2.45) is 0 Å². The van der Waals surface area contributed by atoms with Crippen LogP contribution in [0.2, 0.25) is 0 Å². The van der Waals surface area contributed by atoms with Crippen LogP contribution in [0.4, 0.5) is 0 Å². The summed E-state index contributed by atoms with van der Waals surface area (Å²) in [7, 11) is 0. The lowest BCUT2D eigenvalue weighted by Crippen LogP contribution is -2.38. The Balaban J connectivity index is 1.78. The van der Waals surface area contributed by atoms with E-state index >= 15 is 0 Å². The summed E-state index contributed by atoms with van der Waals surface area (Å²) in [5.74, 6) is 1.63. The van der Waals surface area contributed by atoms with E-state index in [0.717, 1.165) is 35.5 Å². The van der Waals surface area contributed by atoms with E-state index in [-0.39, 0.29) is 5.91 Å². The smallest absolute Gasteiger partial charge is 0.261 e. The molecule has 0 heterocycles. The normalized spacial score (nSPS) is 11.7. The first-order valence-electron chi connectivity index (χ1n) is 9.77. The van der Waals surface area contributed by atoms with Crippen LogP contribution >= 0.6 is 0 Å². The standard InChI is InChI=1S/C23H31NO3/c1-5-21(27-22-11-7-9-17(3)18(22)4)23(25)24-16-8-10-19-12-14-20(15-13-19)26-6-2/h7,9,11-15,21H,5-6,8,10,16H2,1-4H3,(H,24,25). The molecule has 2 aromatic carbocycles. The van der Waals surface area contributed by atoms with Gasteiger partial charge in [-0.25, -0.2) is 0 Å². The number of hydrogen-bond acceptors (Lipinski definition) is 3. The number of ether oxygens (including phenoxy) is 2. The van der Waals surface area contributed by atoms with Gasteiger partial charge in [0.15, 0.2) is 6.10 Å². The lowest BCUT2D eigenvalue weighted by Gasteiger charge is -2.19. The summed E-state index contributed by atoms with van der Waals surface area (Å²) >= 11 is 0. The molecule has 27 heavy (non-hydrogen) atoms. The van der Waals surface area contributed by atoms with E-state index in [1.807, 2.05) is 58.0 Å². The molecule has 0 aliphatic carbocycles. The fourth-order valence-electron chi connectivity index (χ4n) is 2.86. The van der Waals surface area contributed by atoms with Crippen molar-refractivity contribution in [1.29, 1.82) is 0 Å². The molecule has 1 amide bonds. The molecule has 2 rings (SSSR count). The quantitative estimate of drug-likeness (QED) is 0.622. The SMILES string of the molecule is CCOc1ccc(CCCNC(=O)C(CC)Oc2cccc(C)c2C)cc1. The lowest BCUT2D eigenvalue weighted by molar-refractivity contribution is -0.128. The Kier molecular flexibility index (Phi) is 8.18. The summed E-state index contributed by atoms with van der Waals surface area (Å²) < 4.78 is 11.4. The molecule has 0 aliphatic rings. The van der Waals surface area contributed by atoms with Crippen molar-refractivity contribution < 1.29 is 14.3 Å². The molecule has 0 saturated carbocycles. The van der Waals surface area contributed by atoms with E-state index in [0.29, 0.717) is 19.6 Å². The van der Waals surface area contributed by atoms with Gasteiger partial charge in [-0.15, -0.1) is 0 Å². The largest absolute Gasteiger partial charge is 0.494 e. The number of rotatable bonds is 10. The minimum Gasteiger partial charge on any atom is -0.494 e. The van der Waals surface area contributed by atoms with Gasteiger partial charge in [-0.05, 0) is 74.9 Å². The van der Waals surface area contributed by atoms with Gasteiger partial charge in [0.1, 0.15) is 11.5 Å². The summed E-state index contributed by atoms with van der Waals surface area (Å²) in [6, 6.07) is 14.1. The lowest BCUT2D eigenvalue weighted by atomic mass is 10.1. The highest BCUT2D eigenvalue weighted by Crippen LogP contribution is 2.22. The molecule has 0 bridgehead atoms. The van der Waals surface area contributed by atoms with Gasteiger partial charge in [0, 0.05) is 6.54 Å². The maximum atomic E-state index is 12.5. The summed E-state index contributed by atoms with van der Waals surface area (Å²) in [6.07, 6.45) is 1.98. The van der Waals surface area contributed by atoms with Crippen LogP contribution in [0.1, 0.15) is 43.4 Å². The van der Waals surface area contributed by atoms with Crippen LogP contribution in [0, 0.1) is 13.8 Å². The average Bonchev–Trinajstić information content (AvgIpc) is 2.67. The maximum Gasteiger partial charge on any atom is 0.261 e. The molecule has 1 unspecified atom stereocenters. The number of amides is 1. The molecule has 146 valence electrons. The van der Waals surface area contributed by atoms with Crippen molar-refractivity contribution in [1.82, 2.24) is 5.32 Å². The summed E-state index contributed by atoms with van der Waals surface area (Å²) in [5, 5.41) is 3.00. The molecule has 4 nitrogen and oxygen atoms in total. The van der Waals surface area contributed by atoms with E-state index in [1.54, 1.807) is 0 Å². The number of nitrogens with one attached hydrogen (secondary N) is 1. The van der Waals surface area contributed by atoms with E-state index in [4.69, 9.17) is 9.47 Å². The minimum atomic E-state index is -0.462. The number of hydrogen-bond donors (Lipinski definition) is 1. The van der Waals surface area contributed by atoms with Crippen LogP contribution < -0.4 is 14.8 Å². The van der Waals surface area contributed by atoms with Gasteiger partial charge in [0.25, 0.3) is 5.91 Å². The van der Waals surface area contributed by atoms with E-state index in [2.05, 4.69) is 17.4 Å². The van der Waals surface area contributed by atoms with Gasteiger partial charge in [-0.3, -0.25) is 4.79 Å². The van der Waals surface area contributed by atoms with Crippen LogP contribution in [0.5, 0.6) is 11.5 Å². The Labute approximate surface area is 162 Å². The number of benzene rings is 2. The highest BCUT2D eigenvalue weighted by atomic mass is 16.5. The summed E-state index contributed by atoms with van der Waals surface area (Å²) in [5.41, 5.74) is 3.49. The van der Waals surface area contributed by atoms with E-state index in [1.165, 1.54) is 5.56 Å². The number of aryl methyl sites for hydroxylation is 2. The molecule has 1 atom stereocenters. The second-order valence-corrected chi connectivity index (χ2v) is 6.68. The Bertz CT molecular complexity index is 725. The third-order valence-electron chi connectivity index (χ3n) is 4.66. The molecule has 4 heteroatoms. The monoisotopic (exact) mass is 369 g/mol. The Morgan fingerprint density at radius 3 is 2.48 bits per heavy atom. The van der Waals surface area contributed by atoms with Crippen molar-refractivity contribution in [3.63, 3.8) is 0 Å². The molecule has 0 aliphatic heterocycles. The molecule has 0 radical (unpaired) electrons. The zero-order chi connectivity index (χ0) is 19.6. The van der Waals surface area contributed by atoms with Crippen LogP contribution in [0.15, 0.2) is 42.5 Å².